The average molecular weight is 464 g/mol. The second-order valence-electron chi connectivity index (χ2n) is 6.33. The van der Waals surface area contributed by atoms with E-state index in [0.717, 1.165) is 0 Å². The van der Waals surface area contributed by atoms with Crippen LogP contribution >= 0.6 is 11.6 Å². The van der Waals surface area contributed by atoms with Gasteiger partial charge < -0.3 is 14.5 Å². The molecule has 0 saturated carbocycles. The highest BCUT2D eigenvalue weighted by Crippen LogP contribution is 2.14. The normalized spacial score (nSPS) is 12.2. The molecule has 162 valence electrons. The molecule has 2 heterocycles. The number of aromatic nitrogens is 1. The van der Waals surface area contributed by atoms with Gasteiger partial charge in [0, 0.05) is 6.20 Å². The number of pyridine rings is 1. The highest BCUT2D eigenvalue weighted by atomic mass is 35.5. The van der Waals surface area contributed by atoms with Crippen LogP contribution in [0.4, 0.5) is 5.82 Å². The Kier molecular flexibility index (Phi) is 7.06. The maximum atomic E-state index is 12.3. The molecule has 3 aromatic rings. The lowest BCUT2D eigenvalue weighted by molar-refractivity contribution is -0.123. The maximum Gasteiger partial charge on any atom is 0.338 e. The molecule has 3 rings (SSSR count). The molecule has 2 aromatic heterocycles. The van der Waals surface area contributed by atoms with Crippen LogP contribution in [-0.2, 0) is 26.1 Å². The largest absolute Gasteiger partial charge is 0.468 e. The number of nitrogens with zero attached hydrogens (tertiary/aromatic N) is 1. The Hall–Kier alpha value is -3.21. The molecule has 0 aliphatic carbocycles. The van der Waals surface area contributed by atoms with Crippen molar-refractivity contribution < 1.29 is 27.2 Å². The summed E-state index contributed by atoms with van der Waals surface area (Å²) in [5, 5.41) is 2.91. The van der Waals surface area contributed by atoms with Crippen LogP contribution in [0.25, 0.3) is 0 Å². The van der Waals surface area contributed by atoms with Gasteiger partial charge >= 0.3 is 5.97 Å². The molecule has 0 radical (unpaired) electrons. The SMILES string of the molecule is C[C@H](OC(=O)c1ccc(S(=O)(=O)NCc2ccco2)cc1)C(=O)Nc1ccc(Cl)cn1. The Labute approximate surface area is 183 Å². The Morgan fingerprint density at radius 3 is 2.52 bits per heavy atom. The van der Waals surface area contributed by atoms with E-state index in [1.807, 2.05) is 0 Å². The zero-order chi connectivity index (χ0) is 22.4. The molecule has 1 amide bonds. The van der Waals surface area contributed by atoms with E-state index < -0.39 is 28.0 Å². The van der Waals surface area contributed by atoms with E-state index in [1.54, 1.807) is 18.2 Å². The maximum absolute atomic E-state index is 12.3. The van der Waals surface area contributed by atoms with Gasteiger partial charge in [0.2, 0.25) is 10.0 Å². The molecule has 1 atom stereocenters. The molecule has 0 aliphatic rings. The minimum atomic E-state index is -3.80. The summed E-state index contributed by atoms with van der Waals surface area (Å²) in [6, 6.07) is 11.5. The number of halogens is 1. The summed E-state index contributed by atoms with van der Waals surface area (Å²) in [4.78, 5) is 28.3. The van der Waals surface area contributed by atoms with Crippen LogP contribution in [0, 0.1) is 0 Å². The van der Waals surface area contributed by atoms with E-state index in [-0.39, 0.29) is 22.8 Å². The predicted molar refractivity (Wildman–Crippen MR) is 112 cm³/mol. The first-order chi connectivity index (χ1) is 14.7. The first-order valence-electron chi connectivity index (χ1n) is 9.00. The first-order valence-corrected chi connectivity index (χ1v) is 10.9. The van der Waals surface area contributed by atoms with Crippen molar-refractivity contribution in [2.45, 2.75) is 24.5 Å². The van der Waals surface area contributed by atoms with E-state index in [2.05, 4.69) is 15.0 Å². The van der Waals surface area contributed by atoms with Crippen molar-refractivity contribution in [2.24, 2.45) is 0 Å². The lowest BCUT2D eigenvalue weighted by Crippen LogP contribution is -2.30. The van der Waals surface area contributed by atoms with E-state index in [9.17, 15) is 18.0 Å². The Morgan fingerprint density at radius 1 is 1.16 bits per heavy atom. The zero-order valence-electron chi connectivity index (χ0n) is 16.2. The quantitative estimate of drug-likeness (QED) is 0.491. The van der Waals surface area contributed by atoms with Gasteiger partial charge in [-0.25, -0.2) is 22.9 Å². The van der Waals surface area contributed by atoms with E-state index in [4.69, 9.17) is 20.8 Å². The molecule has 11 heteroatoms. The molecule has 0 fully saturated rings. The number of amides is 1. The monoisotopic (exact) mass is 463 g/mol. The number of carbonyl (C=O) groups excluding carboxylic acids is 2. The van der Waals surface area contributed by atoms with Crippen LogP contribution in [0.2, 0.25) is 5.02 Å². The number of ether oxygens (including phenoxy) is 1. The topological polar surface area (TPSA) is 128 Å². The number of furan rings is 1. The number of hydrogen-bond donors (Lipinski definition) is 2. The molecule has 31 heavy (non-hydrogen) atoms. The smallest absolute Gasteiger partial charge is 0.338 e. The van der Waals surface area contributed by atoms with E-state index >= 15 is 0 Å². The van der Waals surface area contributed by atoms with Gasteiger partial charge in [0.05, 0.1) is 28.3 Å². The summed E-state index contributed by atoms with van der Waals surface area (Å²) in [6.07, 6.45) is 1.70. The fourth-order valence-corrected chi connectivity index (χ4v) is 3.50. The van der Waals surface area contributed by atoms with Crippen molar-refractivity contribution >= 4 is 39.3 Å². The third-order valence-corrected chi connectivity index (χ3v) is 5.69. The molecule has 0 aliphatic heterocycles. The van der Waals surface area contributed by atoms with Gasteiger partial charge in [0.25, 0.3) is 5.91 Å². The molecule has 0 bridgehead atoms. The number of esters is 1. The summed E-state index contributed by atoms with van der Waals surface area (Å²) < 4.78 is 37.3. The van der Waals surface area contributed by atoms with Crippen molar-refractivity contribution in [1.82, 2.24) is 9.71 Å². The lowest BCUT2D eigenvalue weighted by atomic mass is 10.2. The summed E-state index contributed by atoms with van der Waals surface area (Å²) in [5.41, 5.74) is 0.0919. The highest BCUT2D eigenvalue weighted by Gasteiger charge is 2.21. The predicted octanol–water partition coefficient (Wildman–Crippen LogP) is 2.99. The Morgan fingerprint density at radius 2 is 1.90 bits per heavy atom. The summed E-state index contributed by atoms with van der Waals surface area (Å²) >= 11 is 5.74. The van der Waals surface area contributed by atoms with Crippen LogP contribution in [0.1, 0.15) is 23.0 Å². The average Bonchev–Trinajstić information content (AvgIpc) is 3.28. The van der Waals surface area contributed by atoms with Crippen LogP contribution in [0.5, 0.6) is 0 Å². The Balaban J connectivity index is 1.57. The molecule has 0 spiro atoms. The number of carbonyl (C=O) groups is 2. The number of anilines is 1. The zero-order valence-corrected chi connectivity index (χ0v) is 17.8. The second-order valence-corrected chi connectivity index (χ2v) is 8.53. The van der Waals surface area contributed by atoms with Gasteiger partial charge in [-0.05, 0) is 55.5 Å². The molecular weight excluding hydrogens is 446 g/mol. The van der Waals surface area contributed by atoms with Crippen molar-refractivity contribution in [3.8, 4) is 0 Å². The van der Waals surface area contributed by atoms with Crippen molar-refractivity contribution in [3.05, 3.63) is 77.3 Å². The molecule has 1 aromatic carbocycles. The fourth-order valence-electron chi connectivity index (χ4n) is 2.39. The number of nitrogens with one attached hydrogen (secondary N) is 2. The van der Waals surface area contributed by atoms with Gasteiger partial charge in [0.1, 0.15) is 11.6 Å². The molecule has 2 N–H and O–H groups in total. The van der Waals surface area contributed by atoms with Gasteiger partial charge in [-0.1, -0.05) is 11.6 Å². The standard InChI is InChI=1S/C20H18ClN3O6S/c1-13(19(25)24-18-9-6-15(21)11-22-18)30-20(26)14-4-7-17(8-5-14)31(27,28)23-12-16-3-2-10-29-16/h2-11,13,23H,12H2,1H3,(H,22,24,25)/t13-/m0/s1. The third-order valence-electron chi connectivity index (χ3n) is 4.05. The molecule has 0 unspecified atom stereocenters. The second kappa shape index (κ2) is 9.73. The highest BCUT2D eigenvalue weighted by molar-refractivity contribution is 7.89. The summed E-state index contributed by atoms with van der Waals surface area (Å²) in [6.45, 7) is 1.40. The van der Waals surface area contributed by atoms with Crippen LogP contribution < -0.4 is 10.0 Å². The minimum absolute atomic E-state index is 0.00572. The molecular formula is C20H18ClN3O6S. The van der Waals surface area contributed by atoms with Gasteiger partial charge in [0.15, 0.2) is 6.10 Å². The third kappa shape index (κ3) is 6.14. The number of hydrogen-bond acceptors (Lipinski definition) is 7. The van der Waals surface area contributed by atoms with Crippen molar-refractivity contribution in [1.29, 1.82) is 0 Å². The number of benzene rings is 1. The molecule has 9 nitrogen and oxygen atoms in total. The number of sulfonamides is 1. The van der Waals surface area contributed by atoms with Crippen LogP contribution in [0.15, 0.2) is 70.3 Å². The Bertz CT molecular complexity index is 1150. The van der Waals surface area contributed by atoms with Gasteiger partial charge in [-0.2, -0.15) is 0 Å². The van der Waals surface area contributed by atoms with Crippen molar-refractivity contribution in [3.63, 3.8) is 0 Å². The summed E-state index contributed by atoms with van der Waals surface area (Å²) in [7, 11) is -3.80. The van der Waals surface area contributed by atoms with Gasteiger partial charge in [-0.15, -0.1) is 0 Å². The minimum Gasteiger partial charge on any atom is -0.468 e. The lowest BCUT2D eigenvalue weighted by Gasteiger charge is -2.13. The fraction of sp³-hybridized carbons (Fsp3) is 0.150. The van der Waals surface area contributed by atoms with Crippen LogP contribution in [0.3, 0.4) is 0 Å². The molecule has 0 saturated heterocycles. The van der Waals surface area contributed by atoms with E-state index in [1.165, 1.54) is 49.7 Å². The van der Waals surface area contributed by atoms with Crippen molar-refractivity contribution in [2.75, 3.05) is 5.32 Å². The number of rotatable bonds is 8. The van der Waals surface area contributed by atoms with Gasteiger partial charge in [-0.3, -0.25) is 4.79 Å². The van der Waals surface area contributed by atoms with Crippen LogP contribution in [-0.4, -0.2) is 31.4 Å². The van der Waals surface area contributed by atoms with E-state index in [0.29, 0.717) is 10.8 Å². The first kappa shape index (κ1) is 22.5. The summed E-state index contributed by atoms with van der Waals surface area (Å²) in [5.74, 6) is -0.637.